The average molecular weight is 173 g/mol. The molecule has 1 N–H and O–H groups in total. The van der Waals surface area contributed by atoms with E-state index < -0.39 is 0 Å². The number of hydrogen-bond donors (Lipinski definition) is 1. The molecule has 0 bridgehead atoms. The maximum Gasteiger partial charge on any atom is 0.101 e. The minimum Gasteiger partial charge on any atom is -0.309 e. The van der Waals surface area contributed by atoms with Crippen molar-refractivity contribution in [3.63, 3.8) is 0 Å². The molecular formula is C10H11N3. The lowest BCUT2D eigenvalue weighted by atomic mass is 10.1. The molecule has 0 aromatic carbocycles. The van der Waals surface area contributed by atoms with E-state index in [2.05, 4.69) is 16.4 Å². The number of nitriles is 1. The predicted octanol–water partition coefficient (Wildman–Crippen LogP) is 1.38. The first-order valence-corrected chi connectivity index (χ1v) is 4.49. The van der Waals surface area contributed by atoms with E-state index in [1.807, 2.05) is 12.1 Å². The summed E-state index contributed by atoms with van der Waals surface area (Å²) in [6.45, 7) is 1.08. The van der Waals surface area contributed by atoms with Crippen molar-refractivity contribution in [2.75, 3.05) is 6.54 Å². The zero-order valence-corrected chi connectivity index (χ0v) is 7.33. The normalized spacial score (nSPS) is 21.3. The maximum atomic E-state index is 8.59. The largest absolute Gasteiger partial charge is 0.309 e. The van der Waals surface area contributed by atoms with Crippen molar-refractivity contribution < 1.29 is 0 Å². The molecule has 0 amide bonds. The first-order valence-electron chi connectivity index (χ1n) is 4.49. The zero-order chi connectivity index (χ0) is 9.10. The molecule has 13 heavy (non-hydrogen) atoms. The summed E-state index contributed by atoms with van der Waals surface area (Å²) in [7, 11) is 0. The van der Waals surface area contributed by atoms with Crippen LogP contribution in [0.3, 0.4) is 0 Å². The van der Waals surface area contributed by atoms with E-state index in [-0.39, 0.29) is 0 Å². The van der Waals surface area contributed by atoms with Crippen LogP contribution in [0.5, 0.6) is 0 Å². The predicted molar refractivity (Wildman–Crippen MR) is 48.9 cm³/mol. The Hall–Kier alpha value is -1.40. The van der Waals surface area contributed by atoms with Crippen molar-refractivity contribution in [1.29, 1.82) is 5.26 Å². The summed E-state index contributed by atoms with van der Waals surface area (Å²) in [5.41, 5.74) is 1.68. The molecule has 0 aliphatic carbocycles. The molecule has 0 spiro atoms. The lowest BCUT2D eigenvalue weighted by Crippen LogP contribution is -2.13. The van der Waals surface area contributed by atoms with Gasteiger partial charge < -0.3 is 5.32 Å². The van der Waals surface area contributed by atoms with Crippen molar-refractivity contribution in [3.05, 3.63) is 29.6 Å². The topological polar surface area (TPSA) is 48.7 Å². The summed E-state index contributed by atoms with van der Waals surface area (Å²) in [5, 5.41) is 12.0. The molecule has 66 valence electrons. The highest BCUT2D eigenvalue weighted by atomic mass is 15.0. The van der Waals surface area contributed by atoms with Gasteiger partial charge in [-0.05, 0) is 31.5 Å². The number of rotatable bonds is 1. The Morgan fingerprint density at radius 2 is 2.46 bits per heavy atom. The van der Waals surface area contributed by atoms with Crippen LogP contribution < -0.4 is 5.32 Å². The number of pyridine rings is 1. The van der Waals surface area contributed by atoms with Crippen LogP contribution in [0.1, 0.15) is 30.1 Å². The third-order valence-electron chi connectivity index (χ3n) is 2.33. The van der Waals surface area contributed by atoms with Gasteiger partial charge in [-0.3, -0.25) is 4.98 Å². The molecule has 1 saturated heterocycles. The number of nitrogens with zero attached hydrogens (tertiary/aromatic N) is 2. The first kappa shape index (κ1) is 8.21. The van der Waals surface area contributed by atoms with Gasteiger partial charge >= 0.3 is 0 Å². The molecule has 3 nitrogen and oxygen atoms in total. The molecule has 1 aliphatic heterocycles. The average Bonchev–Trinajstić information content (AvgIpc) is 2.71. The van der Waals surface area contributed by atoms with Gasteiger partial charge in [0.2, 0.25) is 0 Å². The Bertz CT molecular complexity index is 317. The highest BCUT2D eigenvalue weighted by Crippen LogP contribution is 2.20. The molecule has 1 fully saturated rings. The summed E-state index contributed by atoms with van der Waals surface area (Å²) in [4.78, 5) is 4.25. The van der Waals surface area contributed by atoms with E-state index in [0.29, 0.717) is 11.6 Å². The smallest absolute Gasteiger partial charge is 0.101 e. The molecule has 0 radical (unpaired) electrons. The fraction of sp³-hybridized carbons (Fsp3) is 0.400. The summed E-state index contributed by atoms with van der Waals surface area (Å²) in [6, 6.07) is 6.21. The number of aromatic nitrogens is 1. The van der Waals surface area contributed by atoms with E-state index in [9.17, 15) is 0 Å². The van der Waals surface area contributed by atoms with Gasteiger partial charge in [-0.25, -0.2) is 0 Å². The molecule has 1 aliphatic rings. The van der Waals surface area contributed by atoms with Gasteiger partial charge in [0.15, 0.2) is 0 Å². The van der Waals surface area contributed by atoms with Crippen LogP contribution in [-0.4, -0.2) is 11.5 Å². The molecular weight excluding hydrogens is 162 g/mol. The highest BCUT2D eigenvalue weighted by molar-refractivity contribution is 5.27. The van der Waals surface area contributed by atoms with E-state index in [4.69, 9.17) is 5.26 Å². The molecule has 0 unspecified atom stereocenters. The monoisotopic (exact) mass is 173 g/mol. The molecule has 2 heterocycles. The summed E-state index contributed by atoms with van der Waals surface area (Å²) in [5.74, 6) is 0. The molecule has 3 heteroatoms. The summed E-state index contributed by atoms with van der Waals surface area (Å²) >= 11 is 0. The third kappa shape index (κ3) is 1.68. The van der Waals surface area contributed by atoms with Crippen LogP contribution >= 0.6 is 0 Å². The Labute approximate surface area is 77.4 Å². The van der Waals surface area contributed by atoms with Gasteiger partial charge in [0, 0.05) is 12.2 Å². The van der Waals surface area contributed by atoms with Gasteiger partial charge in [0.25, 0.3) is 0 Å². The first-order chi connectivity index (χ1) is 6.40. The summed E-state index contributed by atoms with van der Waals surface area (Å²) < 4.78 is 0. The fourth-order valence-electron chi connectivity index (χ4n) is 1.61. The Balaban J connectivity index is 2.18. The number of nitrogens with one attached hydrogen (secondary N) is 1. The maximum absolute atomic E-state index is 8.59. The van der Waals surface area contributed by atoms with Crippen molar-refractivity contribution in [3.8, 4) is 6.07 Å². The molecule has 1 aromatic heterocycles. The number of hydrogen-bond acceptors (Lipinski definition) is 3. The van der Waals surface area contributed by atoms with Gasteiger partial charge in [-0.15, -0.1) is 0 Å². The van der Waals surface area contributed by atoms with Crippen molar-refractivity contribution in [2.24, 2.45) is 0 Å². The summed E-state index contributed by atoms with van der Waals surface area (Å²) in [6.07, 6.45) is 4.00. The molecule has 2 rings (SSSR count). The van der Waals surface area contributed by atoms with E-state index in [1.54, 1.807) is 6.20 Å². The standard InChI is InChI=1S/C10H11N3/c11-6-8-3-4-10(13-7-8)9-2-1-5-12-9/h3-4,7,9,12H,1-2,5H2/t9-/m0/s1. The second-order valence-electron chi connectivity index (χ2n) is 3.23. The van der Waals surface area contributed by atoms with Crippen LogP contribution in [0.2, 0.25) is 0 Å². The quantitative estimate of drug-likeness (QED) is 0.698. The minimum atomic E-state index is 0.396. The minimum absolute atomic E-state index is 0.396. The second kappa shape index (κ2) is 3.55. The van der Waals surface area contributed by atoms with Gasteiger partial charge in [-0.1, -0.05) is 0 Å². The van der Waals surface area contributed by atoms with Gasteiger partial charge in [0.1, 0.15) is 6.07 Å². The Kier molecular flexibility index (Phi) is 2.24. The zero-order valence-electron chi connectivity index (χ0n) is 7.33. The Morgan fingerprint density at radius 1 is 1.54 bits per heavy atom. The van der Waals surface area contributed by atoms with Crippen LogP contribution in [0.15, 0.2) is 18.3 Å². The van der Waals surface area contributed by atoms with Crippen LogP contribution in [0.4, 0.5) is 0 Å². The van der Waals surface area contributed by atoms with Crippen LogP contribution in [0.25, 0.3) is 0 Å². The second-order valence-corrected chi connectivity index (χ2v) is 3.23. The van der Waals surface area contributed by atoms with Crippen molar-refractivity contribution in [1.82, 2.24) is 10.3 Å². The van der Waals surface area contributed by atoms with Crippen molar-refractivity contribution in [2.45, 2.75) is 18.9 Å². The SMILES string of the molecule is N#Cc1ccc([C@@H]2CCCN2)nc1. The van der Waals surface area contributed by atoms with Crippen LogP contribution in [-0.2, 0) is 0 Å². The molecule has 1 aromatic rings. The highest BCUT2D eigenvalue weighted by Gasteiger charge is 2.16. The third-order valence-corrected chi connectivity index (χ3v) is 2.33. The molecule has 0 saturated carbocycles. The van der Waals surface area contributed by atoms with E-state index in [0.717, 1.165) is 18.7 Å². The van der Waals surface area contributed by atoms with Crippen LogP contribution in [0, 0.1) is 11.3 Å². The van der Waals surface area contributed by atoms with Crippen molar-refractivity contribution >= 4 is 0 Å². The van der Waals surface area contributed by atoms with E-state index >= 15 is 0 Å². The van der Waals surface area contributed by atoms with Gasteiger partial charge in [-0.2, -0.15) is 5.26 Å². The lowest BCUT2D eigenvalue weighted by Gasteiger charge is -2.08. The fourth-order valence-corrected chi connectivity index (χ4v) is 1.61. The van der Waals surface area contributed by atoms with Gasteiger partial charge in [0.05, 0.1) is 11.3 Å². The molecule has 1 atom stereocenters. The lowest BCUT2D eigenvalue weighted by molar-refractivity contribution is 0.628. The Morgan fingerprint density at radius 3 is 3.00 bits per heavy atom. The van der Waals surface area contributed by atoms with E-state index in [1.165, 1.54) is 6.42 Å².